The molecule has 1 aromatic carbocycles. The average molecular weight is 436 g/mol. The predicted molar refractivity (Wildman–Crippen MR) is 91.5 cm³/mol. The van der Waals surface area contributed by atoms with Crippen molar-refractivity contribution in [1.29, 1.82) is 0 Å². The molecular weight excluding hydrogens is 418 g/mol. The summed E-state index contributed by atoms with van der Waals surface area (Å²) >= 11 is 8.97. The molecule has 0 radical (unpaired) electrons. The third kappa shape index (κ3) is 3.76. The van der Waals surface area contributed by atoms with Gasteiger partial charge in [-0.15, -0.1) is 12.4 Å². The number of benzene rings is 1. The van der Waals surface area contributed by atoms with Crippen LogP contribution in [0.5, 0.6) is 0 Å². The fraction of sp³-hybridized carbons (Fsp3) is 0.538. The molecule has 0 aliphatic carbocycles. The van der Waals surface area contributed by atoms with E-state index >= 15 is 0 Å². The minimum Gasteiger partial charge on any atom is -0.327 e. The first-order valence-corrected chi connectivity index (χ1v) is 9.07. The monoisotopic (exact) mass is 434 g/mol. The largest absolute Gasteiger partial charge is 0.327 e. The fourth-order valence-electron chi connectivity index (χ4n) is 2.37. The minimum atomic E-state index is -3.93. The Balaban J connectivity index is 0.00000242. The zero-order chi connectivity index (χ0) is 16.0. The first-order chi connectivity index (χ1) is 9.55. The number of sulfonamides is 1. The van der Waals surface area contributed by atoms with Gasteiger partial charge in [0, 0.05) is 23.6 Å². The molecule has 1 aliphatic heterocycles. The second kappa shape index (κ2) is 6.91. The average Bonchev–Trinajstić information content (AvgIpc) is 2.36. The number of nitrogens with two attached hydrogens (primary N) is 1. The highest BCUT2D eigenvalue weighted by Gasteiger charge is 2.39. The summed E-state index contributed by atoms with van der Waals surface area (Å²) in [6, 6.07) is 2.12. The van der Waals surface area contributed by atoms with Crippen LogP contribution in [0.25, 0.3) is 0 Å². The van der Waals surface area contributed by atoms with E-state index in [0.29, 0.717) is 10.9 Å². The van der Waals surface area contributed by atoms with Crippen molar-refractivity contribution in [2.45, 2.75) is 31.2 Å². The zero-order valence-electron chi connectivity index (χ0n) is 12.1. The number of hydrogen-bond acceptors (Lipinski definition) is 3. The molecule has 2 N–H and O–H groups in total. The molecule has 0 aromatic heterocycles. The summed E-state index contributed by atoms with van der Waals surface area (Å²) in [5.74, 6) is -0.820. The first-order valence-electron chi connectivity index (χ1n) is 6.46. The predicted octanol–water partition coefficient (Wildman–Crippen LogP) is 3.41. The number of nitrogens with zero attached hydrogens (tertiary/aromatic N) is 1. The summed E-state index contributed by atoms with van der Waals surface area (Å²) in [5.41, 5.74) is 5.65. The Bertz CT molecular complexity index is 670. The van der Waals surface area contributed by atoms with Crippen LogP contribution in [0.3, 0.4) is 0 Å². The lowest BCUT2D eigenvalue weighted by atomic mass is 9.81. The van der Waals surface area contributed by atoms with Gasteiger partial charge in [-0.05, 0) is 39.9 Å². The van der Waals surface area contributed by atoms with Gasteiger partial charge in [-0.2, -0.15) is 4.31 Å². The lowest BCUT2D eigenvalue weighted by Gasteiger charge is -2.41. The lowest BCUT2D eigenvalue weighted by molar-refractivity contribution is 0.155. The van der Waals surface area contributed by atoms with Crippen LogP contribution in [0.1, 0.15) is 20.3 Å². The standard InChI is InChI=1S/C13H17BrClFN2O2S.ClH/c1-13(2)7-18(4-3-12(13)17)21(19,20)11-6-9(15)8(14)5-10(11)16;/h5-6,12H,3-4,7,17H2,1-2H3;1H. The van der Waals surface area contributed by atoms with E-state index < -0.39 is 20.7 Å². The SMILES string of the molecule is CC1(C)CN(S(=O)(=O)c2cc(Cl)c(Br)cc2F)CCC1N.Cl. The molecular formula is C13H18BrCl2FN2O2S. The highest BCUT2D eigenvalue weighted by atomic mass is 79.9. The van der Waals surface area contributed by atoms with Gasteiger partial charge < -0.3 is 5.73 Å². The minimum absolute atomic E-state index is 0. The maximum Gasteiger partial charge on any atom is 0.246 e. The summed E-state index contributed by atoms with van der Waals surface area (Å²) in [7, 11) is -3.93. The van der Waals surface area contributed by atoms with Gasteiger partial charge in [-0.1, -0.05) is 25.4 Å². The lowest BCUT2D eigenvalue weighted by Crippen LogP contribution is -2.53. The van der Waals surface area contributed by atoms with Crippen molar-refractivity contribution >= 4 is 50.0 Å². The van der Waals surface area contributed by atoms with Crippen molar-refractivity contribution in [2.75, 3.05) is 13.1 Å². The Hall–Kier alpha value is 0.0800. The Morgan fingerprint density at radius 2 is 2.05 bits per heavy atom. The molecule has 1 unspecified atom stereocenters. The van der Waals surface area contributed by atoms with E-state index in [0.717, 1.165) is 12.1 Å². The second-order valence-electron chi connectivity index (χ2n) is 5.92. The van der Waals surface area contributed by atoms with E-state index in [1.165, 1.54) is 4.31 Å². The van der Waals surface area contributed by atoms with Crippen molar-refractivity contribution < 1.29 is 12.8 Å². The van der Waals surface area contributed by atoms with Crippen LogP contribution in [0, 0.1) is 11.2 Å². The van der Waals surface area contributed by atoms with Crippen LogP contribution in [-0.2, 0) is 10.0 Å². The van der Waals surface area contributed by atoms with Crippen molar-refractivity contribution in [3.63, 3.8) is 0 Å². The van der Waals surface area contributed by atoms with E-state index in [1.54, 1.807) is 0 Å². The molecule has 1 fully saturated rings. The molecule has 9 heteroatoms. The van der Waals surface area contributed by atoms with Gasteiger partial charge in [0.05, 0.1) is 5.02 Å². The van der Waals surface area contributed by atoms with Crippen molar-refractivity contribution in [2.24, 2.45) is 11.1 Å². The number of hydrogen-bond donors (Lipinski definition) is 1. The maximum absolute atomic E-state index is 14.0. The van der Waals surface area contributed by atoms with E-state index in [2.05, 4.69) is 15.9 Å². The molecule has 0 bridgehead atoms. The molecule has 0 spiro atoms. The Morgan fingerprint density at radius 1 is 1.45 bits per heavy atom. The van der Waals surface area contributed by atoms with E-state index in [1.807, 2.05) is 13.8 Å². The van der Waals surface area contributed by atoms with Crippen LogP contribution < -0.4 is 5.73 Å². The Labute approximate surface area is 149 Å². The van der Waals surface area contributed by atoms with Crippen LogP contribution in [-0.4, -0.2) is 31.9 Å². The summed E-state index contributed by atoms with van der Waals surface area (Å²) in [6.07, 6.45) is 0.540. The third-order valence-corrected chi connectivity index (χ3v) is 6.93. The zero-order valence-corrected chi connectivity index (χ0v) is 16.1. The Morgan fingerprint density at radius 3 is 2.59 bits per heavy atom. The van der Waals surface area contributed by atoms with Gasteiger partial charge >= 0.3 is 0 Å². The summed E-state index contributed by atoms with van der Waals surface area (Å²) < 4.78 is 40.9. The normalized spacial score (nSPS) is 22.2. The topological polar surface area (TPSA) is 63.4 Å². The second-order valence-corrected chi connectivity index (χ2v) is 9.09. The van der Waals surface area contributed by atoms with E-state index in [-0.39, 0.29) is 42.0 Å². The van der Waals surface area contributed by atoms with Gasteiger partial charge in [0.2, 0.25) is 10.0 Å². The van der Waals surface area contributed by atoms with Crippen LogP contribution in [0.15, 0.2) is 21.5 Å². The molecule has 4 nitrogen and oxygen atoms in total. The van der Waals surface area contributed by atoms with Crippen molar-refractivity contribution in [1.82, 2.24) is 4.31 Å². The number of halogens is 4. The van der Waals surface area contributed by atoms with Crippen LogP contribution in [0.2, 0.25) is 5.02 Å². The summed E-state index contributed by atoms with van der Waals surface area (Å²) in [5, 5.41) is 0.156. The molecule has 1 saturated heterocycles. The molecule has 126 valence electrons. The maximum atomic E-state index is 14.0. The highest BCUT2D eigenvalue weighted by molar-refractivity contribution is 9.10. The van der Waals surface area contributed by atoms with Gasteiger partial charge in [-0.3, -0.25) is 0 Å². The summed E-state index contributed by atoms with van der Waals surface area (Å²) in [4.78, 5) is -0.401. The first kappa shape index (κ1) is 20.1. The van der Waals surface area contributed by atoms with Crippen LogP contribution in [0.4, 0.5) is 4.39 Å². The molecule has 1 aliphatic rings. The van der Waals surface area contributed by atoms with Gasteiger partial charge in [0.25, 0.3) is 0 Å². The molecule has 1 aromatic rings. The quantitative estimate of drug-likeness (QED) is 0.724. The van der Waals surface area contributed by atoms with Crippen molar-refractivity contribution in [3.05, 3.63) is 27.4 Å². The van der Waals surface area contributed by atoms with Gasteiger partial charge in [0.1, 0.15) is 10.7 Å². The fourth-order valence-corrected chi connectivity index (χ4v) is 4.61. The molecule has 22 heavy (non-hydrogen) atoms. The van der Waals surface area contributed by atoms with Crippen LogP contribution >= 0.6 is 39.9 Å². The Kier molecular flexibility index (Phi) is 6.32. The molecule has 0 amide bonds. The van der Waals surface area contributed by atoms with Gasteiger partial charge in [0.15, 0.2) is 0 Å². The molecule has 1 heterocycles. The summed E-state index contributed by atoms with van der Waals surface area (Å²) in [6.45, 7) is 4.35. The smallest absolute Gasteiger partial charge is 0.246 e. The third-order valence-electron chi connectivity index (χ3n) is 3.87. The number of rotatable bonds is 2. The van der Waals surface area contributed by atoms with Gasteiger partial charge in [-0.25, -0.2) is 12.8 Å². The van der Waals surface area contributed by atoms with E-state index in [9.17, 15) is 12.8 Å². The molecule has 1 atom stereocenters. The van der Waals surface area contributed by atoms with E-state index in [4.69, 9.17) is 17.3 Å². The highest BCUT2D eigenvalue weighted by Crippen LogP contribution is 2.34. The van der Waals surface area contributed by atoms with Crippen molar-refractivity contribution in [3.8, 4) is 0 Å². The number of piperidine rings is 1. The molecule has 0 saturated carbocycles. The molecule has 2 rings (SSSR count).